The van der Waals surface area contributed by atoms with E-state index < -0.39 is 17.9 Å². The number of amides is 1. The summed E-state index contributed by atoms with van der Waals surface area (Å²) in [6.45, 7) is 0.101. The highest BCUT2D eigenvalue weighted by molar-refractivity contribution is 7.16. The predicted molar refractivity (Wildman–Crippen MR) is 109 cm³/mol. The number of hydrogen-bond donors (Lipinski definition) is 1. The van der Waals surface area contributed by atoms with E-state index in [0.29, 0.717) is 17.1 Å². The molecule has 0 fully saturated rings. The molecule has 1 N–H and O–H groups in total. The van der Waals surface area contributed by atoms with Crippen molar-refractivity contribution in [2.24, 2.45) is 0 Å². The number of hydrogen-bond acceptors (Lipinski definition) is 8. The Hall–Kier alpha value is -3.72. The van der Waals surface area contributed by atoms with Crippen LogP contribution in [0.25, 0.3) is 10.2 Å². The van der Waals surface area contributed by atoms with E-state index in [1.807, 2.05) is 24.3 Å². The third kappa shape index (κ3) is 4.31. The predicted octanol–water partition coefficient (Wildman–Crippen LogP) is 3.51. The van der Waals surface area contributed by atoms with Crippen molar-refractivity contribution in [2.45, 2.75) is 12.6 Å². The number of nitrogens with one attached hydrogen (secondary N) is 1. The number of carbonyl (C=O) groups excluding carboxylic acids is 2. The van der Waals surface area contributed by atoms with Crippen LogP contribution in [0.5, 0.6) is 5.75 Å². The van der Waals surface area contributed by atoms with Gasteiger partial charge in [0.2, 0.25) is 0 Å². The molecular weight excluding hydrogens is 406 g/mol. The van der Waals surface area contributed by atoms with Crippen LogP contribution < -0.4 is 10.1 Å². The van der Waals surface area contributed by atoms with Gasteiger partial charge in [0.25, 0.3) is 5.91 Å². The largest absolute Gasteiger partial charge is 0.485 e. The van der Waals surface area contributed by atoms with Gasteiger partial charge >= 0.3 is 5.97 Å². The van der Waals surface area contributed by atoms with Gasteiger partial charge in [0, 0.05) is 6.07 Å². The Morgan fingerprint density at radius 1 is 1.17 bits per heavy atom. The maximum absolute atomic E-state index is 12.6. The Balaban J connectivity index is 1.42. The molecule has 2 aromatic heterocycles. The van der Waals surface area contributed by atoms with Gasteiger partial charge in [-0.25, -0.2) is 9.78 Å². The molecule has 0 aliphatic carbocycles. The molecule has 1 atom stereocenters. The molecule has 0 bridgehead atoms. The van der Waals surface area contributed by atoms with Crippen LogP contribution in [0.2, 0.25) is 0 Å². The molecule has 2 heterocycles. The van der Waals surface area contributed by atoms with Crippen LogP contribution in [0.3, 0.4) is 0 Å². The van der Waals surface area contributed by atoms with Gasteiger partial charge in [-0.15, -0.1) is 11.3 Å². The fourth-order valence-electron chi connectivity index (χ4n) is 2.81. The van der Waals surface area contributed by atoms with Crippen LogP contribution in [0, 0.1) is 0 Å². The monoisotopic (exact) mass is 423 g/mol. The minimum atomic E-state index is -0.953. The molecule has 0 saturated heterocycles. The second-order valence-electron chi connectivity index (χ2n) is 6.29. The molecule has 4 rings (SSSR count). The lowest BCUT2D eigenvalue weighted by atomic mass is 10.1. The molecule has 152 valence electrons. The lowest BCUT2D eigenvalue weighted by Gasteiger charge is -2.15. The van der Waals surface area contributed by atoms with Crippen molar-refractivity contribution in [1.29, 1.82) is 0 Å². The molecule has 0 aliphatic heterocycles. The van der Waals surface area contributed by atoms with E-state index in [2.05, 4.69) is 15.5 Å². The molecule has 0 aliphatic rings. The molecule has 8 nitrogen and oxygen atoms in total. The SMILES string of the molecule is COC(=O)[C@@H](NC(=O)c1cc(COc2ccc3ncsc3c2)on1)c1ccccc1. The molecule has 0 unspecified atom stereocenters. The summed E-state index contributed by atoms with van der Waals surface area (Å²) < 4.78 is 16.7. The molecule has 0 saturated carbocycles. The minimum Gasteiger partial charge on any atom is -0.485 e. The maximum atomic E-state index is 12.6. The summed E-state index contributed by atoms with van der Waals surface area (Å²) in [6, 6.07) is 14.9. The first-order valence-electron chi connectivity index (χ1n) is 8.99. The number of carbonyl (C=O) groups is 2. The Kier molecular flexibility index (Phi) is 5.71. The molecular formula is C21H17N3O5S. The summed E-state index contributed by atoms with van der Waals surface area (Å²) in [6.07, 6.45) is 0. The number of ether oxygens (including phenoxy) is 2. The van der Waals surface area contributed by atoms with Crippen molar-refractivity contribution < 1.29 is 23.6 Å². The standard InChI is InChI=1S/C21H17N3O5S/c1-27-21(26)19(13-5-3-2-4-6-13)23-20(25)17-9-15(29-24-17)11-28-14-7-8-16-18(10-14)30-12-22-16/h2-10,12,19H,11H2,1H3,(H,23,25)/t19-/m0/s1. The van der Waals surface area contributed by atoms with E-state index in [0.717, 1.165) is 10.2 Å². The minimum absolute atomic E-state index is 0.0383. The lowest BCUT2D eigenvalue weighted by molar-refractivity contribution is -0.143. The number of benzene rings is 2. The average Bonchev–Trinajstić information content (AvgIpc) is 3.45. The van der Waals surface area contributed by atoms with Gasteiger partial charge in [0.1, 0.15) is 12.4 Å². The van der Waals surface area contributed by atoms with Crippen LogP contribution in [0.15, 0.2) is 64.6 Å². The fraction of sp³-hybridized carbons (Fsp3) is 0.143. The van der Waals surface area contributed by atoms with Gasteiger partial charge in [0.05, 0.1) is 22.8 Å². The first kappa shape index (κ1) is 19.6. The zero-order chi connectivity index (χ0) is 20.9. The van der Waals surface area contributed by atoms with E-state index in [4.69, 9.17) is 14.0 Å². The molecule has 30 heavy (non-hydrogen) atoms. The van der Waals surface area contributed by atoms with Crippen LogP contribution in [0.1, 0.15) is 27.9 Å². The molecule has 9 heteroatoms. The summed E-state index contributed by atoms with van der Waals surface area (Å²) in [5, 5.41) is 6.40. The van der Waals surface area contributed by atoms with E-state index in [9.17, 15) is 9.59 Å². The summed E-state index contributed by atoms with van der Waals surface area (Å²) in [5.74, 6) is -0.113. The smallest absolute Gasteiger partial charge is 0.333 e. The van der Waals surface area contributed by atoms with Crippen LogP contribution in [0.4, 0.5) is 0 Å². The van der Waals surface area contributed by atoms with E-state index in [1.165, 1.54) is 24.5 Å². The van der Waals surface area contributed by atoms with Gasteiger partial charge in [-0.05, 0) is 23.8 Å². The molecule has 4 aromatic rings. The Labute approximate surface area is 175 Å². The van der Waals surface area contributed by atoms with Crippen LogP contribution >= 0.6 is 11.3 Å². The highest BCUT2D eigenvalue weighted by Crippen LogP contribution is 2.24. The van der Waals surface area contributed by atoms with Gasteiger partial charge in [0.15, 0.2) is 17.5 Å². The van der Waals surface area contributed by atoms with Crippen LogP contribution in [-0.2, 0) is 16.1 Å². The third-order valence-corrected chi connectivity index (χ3v) is 5.11. The topological polar surface area (TPSA) is 104 Å². The number of aromatic nitrogens is 2. The van der Waals surface area contributed by atoms with Crippen molar-refractivity contribution in [1.82, 2.24) is 15.5 Å². The number of thiazole rings is 1. The summed E-state index contributed by atoms with van der Waals surface area (Å²) >= 11 is 1.52. The molecule has 0 spiro atoms. The van der Waals surface area contributed by atoms with Crippen molar-refractivity contribution in [3.8, 4) is 5.75 Å². The Morgan fingerprint density at radius 2 is 2.00 bits per heavy atom. The fourth-order valence-corrected chi connectivity index (χ4v) is 3.52. The molecule has 2 aromatic carbocycles. The first-order valence-corrected chi connectivity index (χ1v) is 9.87. The zero-order valence-corrected chi connectivity index (χ0v) is 16.7. The Morgan fingerprint density at radius 3 is 2.80 bits per heavy atom. The quantitative estimate of drug-likeness (QED) is 0.454. The molecule has 0 radical (unpaired) electrons. The zero-order valence-electron chi connectivity index (χ0n) is 15.9. The number of rotatable bonds is 7. The second-order valence-corrected chi connectivity index (χ2v) is 7.18. The van der Waals surface area contributed by atoms with Crippen molar-refractivity contribution >= 4 is 33.4 Å². The van der Waals surface area contributed by atoms with E-state index in [-0.39, 0.29) is 12.3 Å². The summed E-state index contributed by atoms with van der Waals surface area (Å²) in [7, 11) is 1.26. The Bertz CT molecular complexity index is 1170. The highest BCUT2D eigenvalue weighted by atomic mass is 32.1. The number of fused-ring (bicyclic) bond motifs is 1. The van der Waals surface area contributed by atoms with Gasteiger partial charge in [-0.2, -0.15) is 0 Å². The third-order valence-electron chi connectivity index (χ3n) is 4.32. The van der Waals surface area contributed by atoms with Crippen molar-refractivity contribution in [3.05, 3.63) is 77.1 Å². The number of esters is 1. The summed E-state index contributed by atoms with van der Waals surface area (Å²) in [4.78, 5) is 28.9. The van der Waals surface area contributed by atoms with Gasteiger partial charge in [-0.1, -0.05) is 35.5 Å². The van der Waals surface area contributed by atoms with E-state index >= 15 is 0 Å². The average molecular weight is 423 g/mol. The summed E-state index contributed by atoms with van der Waals surface area (Å²) in [5.41, 5.74) is 3.32. The lowest BCUT2D eigenvalue weighted by Crippen LogP contribution is -2.34. The maximum Gasteiger partial charge on any atom is 0.333 e. The highest BCUT2D eigenvalue weighted by Gasteiger charge is 2.25. The number of methoxy groups -OCH3 is 1. The number of nitrogens with zero attached hydrogens (tertiary/aromatic N) is 2. The van der Waals surface area contributed by atoms with Gasteiger partial charge in [-0.3, -0.25) is 4.79 Å². The van der Waals surface area contributed by atoms with Crippen LogP contribution in [-0.4, -0.2) is 29.1 Å². The first-order chi connectivity index (χ1) is 14.6. The molecule has 1 amide bonds. The normalized spacial score (nSPS) is 11.8. The van der Waals surface area contributed by atoms with Crippen molar-refractivity contribution in [2.75, 3.05) is 7.11 Å². The van der Waals surface area contributed by atoms with E-state index in [1.54, 1.807) is 29.8 Å². The van der Waals surface area contributed by atoms with Crippen molar-refractivity contribution in [3.63, 3.8) is 0 Å². The second kappa shape index (κ2) is 8.75. The van der Waals surface area contributed by atoms with Gasteiger partial charge < -0.3 is 19.3 Å².